The molecule has 32 heavy (non-hydrogen) atoms. The molecule has 0 bridgehead atoms. The summed E-state index contributed by atoms with van der Waals surface area (Å²) in [6.45, 7) is 4.30. The van der Waals surface area contributed by atoms with E-state index in [1.54, 1.807) is 24.3 Å². The Labute approximate surface area is 186 Å². The highest BCUT2D eigenvalue weighted by Crippen LogP contribution is 2.18. The number of carbonyl (C=O) groups is 2. The first-order chi connectivity index (χ1) is 15.5. The topological polar surface area (TPSA) is 89.2 Å². The van der Waals surface area contributed by atoms with Crippen LogP contribution in [0.25, 0.3) is 5.69 Å². The Morgan fingerprint density at radius 1 is 0.969 bits per heavy atom. The number of nitrogens with one attached hydrogen (secondary N) is 2. The zero-order valence-corrected chi connectivity index (χ0v) is 18.0. The quantitative estimate of drug-likeness (QED) is 0.462. The van der Waals surface area contributed by atoms with Gasteiger partial charge in [0.15, 0.2) is 5.76 Å². The van der Waals surface area contributed by atoms with E-state index >= 15 is 0 Å². The summed E-state index contributed by atoms with van der Waals surface area (Å²) in [6, 6.07) is 20.4. The van der Waals surface area contributed by atoms with Gasteiger partial charge in [-0.3, -0.25) is 9.59 Å². The van der Waals surface area contributed by atoms with Crippen LogP contribution in [0.15, 0.2) is 77.4 Å². The van der Waals surface area contributed by atoms with Crippen LogP contribution < -0.4 is 10.6 Å². The lowest BCUT2D eigenvalue weighted by Gasteiger charge is -2.08. The van der Waals surface area contributed by atoms with Gasteiger partial charge in [0, 0.05) is 23.5 Å². The third-order valence-electron chi connectivity index (χ3n) is 5.23. The maximum Gasteiger partial charge on any atom is 0.291 e. The summed E-state index contributed by atoms with van der Waals surface area (Å²) >= 11 is 0. The molecule has 0 unspecified atom stereocenters. The molecule has 0 atom stereocenters. The molecule has 0 aliphatic rings. The third-order valence-corrected chi connectivity index (χ3v) is 5.23. The molecule has 2 aromatic carbocycles. The van der Waals surface area contributed by atoms with Crippen LogP contribution in [0.2, 0.25) is 0 Å². The number of para-hydroxylation sites is 1. The van der Waals surface area contributed by atoms with Gasteiger partial charge in [0.2, 0.25) is 5.91 Å². The summed E-state index contributed by atoms with van der Waals surface area (Å²) in [5.74, 6) is -0.126. The van der Waals surface area contributed by atoms with Crippen molar-refractivity contribution < 1.29 is 14.0 Å². The second-order valence-corrected chi connectivity index (χ2v) is 7.48. The van der Waals surface area contributed by atoms with Gasteiger partial charge < -0.3 is 15.1 Å². The standard InChI is InChI=1S/C25H24N4O3/c1-17-22(18(2)29(28-17)21-7-4-3-5-8-21)15-24(30)26-16-19-10-12-20(13-11-19)27-25(31)23-9-6-14-32-23/h3-14H,15-16H2,1-2H3,(H,26,30)(H,27,31). The van der Waals surface area contributed by atoms with Crippen molar-refractivity contribution >= 4 is 17.5 Å². The molecule has 0 spiro atoms. The van der Waals surface area contributed by atoms with Crippen molar-refractivity contribution in [3.8, 4) is 5.69 Å². The lowest BCUT2D eigenvalue weighted by Crippen LogP contribution is -2.25. The molecule has 0 radical (unpaired) electrons. The Balaban J connectivity index is 1.33. The number of aromatic nitrogens is 2. The predicted octanol–water partition coefficient (Wildman–Crippen LogP) is 4.19. The van der Waals surface area contributed by atoms with Crippen LogP contribution in [0.5, 0.6) is 0 Å². The molecule has 0 saturated heterocycles. The van der Waals surface area contributed by atoms with Crippen molar-refractivity contribution in [3.63, 3.8) is 0 Å². The van der Waals surface area contributed by atoms with E-state index in [0.29, 0.717) is 12.2 Å². The van der Waals surface area contributed by atoms with E-state index in [0.717, 1.165) is 28.2 Å². The van der Waals surface area contributed by atoms with Crippen molar-refractivity contribution in [1.29, 1.82) is 0 Å². The van der Waals surface area contributed by atoms with Crippen molar-refractivity contribution in [2.45, 2.75) is 26.8 Å². The van der Waals surface area contributed by atoms with Gasteiger partial charge in [0.05, 0.1) is 24.1 Å². The zero-order valence-electron chi connectivity index (χ0n) is 18.0. The fourth-order valence-electron chi connectivity index (χ4n) is 3.48. The highest BCUT2D eigenvalue weighted by molar-refractivity contribution is 6.02. The van der Waals surface area contributed by atoms with E-state index in [2.05, 4.69) is 15.7 Å². The van der Waals surface area contributed by atoms with Crippen molar-refractivity contribution in [2.24, 2.45) is 0 Å². The number of aryl methyl sites for hydroxylation is 1. The number of anilines is 1. The molecule has 0 fully saturated rings. The number of amides is 2. The number of nitrogens with zero attached hydrogens (tertiary/aromatic N) is 2. The number of hydrogen-bond acceptors (Lipinski definition) is 4. The smallest absolute Gasteiger partial charge is 0.291 e. The van der Waals surface area contributed by atoms with Gasteiger partial charge in [0.25, 0.3) is 5.91 Å². The van der Waals surface area contributed by atoms with E-state index in [4.69, 9.17) is 4.42 Å². The van der Waals surface area contributed by atoms with Gasteiger partial charge in [-0.2, -0.15) is 5.10 Å². The van der Waals surface area contributed by atoms with Crippen LogP contribution in [0, 0.1) is 13.8 Å². The Bertz CT molecular complexity index is 1210. The van der Waals surface area contributed by atoms with Crippen molar-refractivity contribution in [2.75, 3.05) is 5.32 Å². The largest absolute Gasteiger partial charge is 0.459 e. The van der Waals surface area contributed by atoms with Crippen LogP contribution in [-0.4, -0.2) is 21.6 Å². The van der Waals surface area contributed by atoms with Crippen LogP contribution >= 0.6 is 0 Å². The second-order valence-electron chi connectivity index (χ2n) is 7.48. The normalized spacial score (nSPS) is 10.7. The van der Waals surface area contributed by atoms with Crippen molar-refractivity contribution in [3.05, 3.63) is 101 Å². The highest BCUT2D eigenvalue weighted by atomic mass is 16.3. The molecule has 7 heteroatoms. The average molecular weight is 428 g/mol. The molecule has 4 aromatic rings. The minimum Gasteiger partial charge on any atom is -0.459 e. The molecular formula is C25H24N4O3. The number of furan rings is 1. The van der Waals surface area contributed by atoms with Crippen molar-refractivity contribution in [1.82, 2.24) is 15.1 Å². The van der Waals surface area contributed by atoms with Gasteiger partial charge in [0.1, 0.15) is 0 Å². The molecule has 7 nitrogen and oxygen atoms in total. The summed E-state index contributed by atoms with van der Waals surface area (Å²) < 4.78 is 6.95. The summed E-state index contributed by atoms with van der Waals surface area (Å²) in [5, 5.41) is 10.3. The number of carbonyl (C=O) groups excluding carboxylic acids is 2. The molecule has 2 amide bonds. The first-order valence-electron chi connectivity index (χ1n) is 10.3. The first-order valence-corrected chi connectivity index (χ1v) is 10.3. The van der Waals surface area contributed by atoms with Gasteiger partial charge in [-0.15, -0.1) is 0 Å². The molecule has 2 aromatic heterocycles. The van der Waals surface area contributed by atoms with Gasteiger partial charge in [-0.25, -0.2) is 4.68 Å². The summed E-state index contributed by atoms with van der Waals surface area (Å²) in [6.07, 6.45) is 1.72. The second kappa shape index (κ2) is 9.34. The van der Waals surface area contributed by atoms with Crippen LogP contribution in [0.3, 0.4) is 0 Å². The maximum atomic E-state index is 12.6. The van der Waals surface area contributed by atoms with Gasteiger partial charge >= 0.3 is 0 Å². The van der Waals surface area contributed by atoms with Gasteiger partial charge in [-0.05, 0) is 55.8 Å². The van der Waals surface area contributed by atoms with Crippen LogP contribution in [-0.2, 0) is 17.8 Å². The highest BCUT2D eigenvalue weighted by Gasteiger charge is 2.16. The molecular weight excluding hydrogens is 404 g/mol. The fourth-order valence-corrected chi connectivity index (χ4v) is 3.48. The summed E-state index contributed by atoms with van der Waals surface area (Å²) in [4.78, 5) is 24.6. The maximum absolute atomic E-state index is 12.6. The molecule has 0 saturated carbocycles. The number of rotatable bonds is 7. The Morgan fingerprint density at radius 3 is 2.41 bits per heavy atom. The summed E-state index contributed by atoms with van der Waals surface area (Å²) in [5.41, 5.74) is 5.30. The monoisotopic (exact) mass is 428 g/mol. The lowest BCUT2D eigenvalue weighted by atomic mass is 10.1. The fraction of sp³-hybridized carbons (Fsp3) is 0.160. The Morgan fingerprint density at radius 2 is 1.72 bits per heavy atom. The van der Waals surface area contributed by atoms with Gasteiger partial charge in [-0.1, -0.05) is 30.3 Å². The van der Waals surface area contributed by atoms with E-state index in [9.17, 15) is 9.59 Å². The summed E-state index contributed by atoms with van der Waals surface area (Å²) in [7, 11) is 0. The van der Waals surface area contributed by atoms with E-state index in [1.807, 2.05) is 61.0 Å². The third kappa shape index (κ3) is 4.78. The number of hydrogen-bond donors (Lipinski definition) is 2. The molecule has 0 aliphatic heterocycles. The molecule has 4 rings (SSSR count). The number of benzene rings is 2. The predicted molar refractivity (Wildman–Crippen MR) is 122 cm³/mol. The average Bonchev–Trinajstić information content (AvgIpc) is 3.44. The molecule has 162 valence electrons. The van der Waals surface area contributed by atoms with E-state index in [1.165, 1.54) is 6.26 Å². The minimum absolute atomic E-state index is 0.0704. The molecule has 2 N–H and O–H groups in total. The van der Waals surface area contributed by atoms with Crippen LogP contribution in [0.1, 0.15) is 33.1 Å². The molecule has 0 aliphatic carbocycles. The van der Waals surface area contributed by atoms with Crippen LogP contribution in [0.4, 0.5) is 5.69 Å². The minimum atomic E-state index is -0.308. The molecule has 2 heterocycles. The zero-order chi connectivity index (χ0) is 22.5. The SMILES string of the molecule is Cc1nn(-c2ccccc2)c(C)c1CC(=O)NCc1ccc(NC(=O)c2ccco2)cc1. The van der Waals surface area contributed by atoms with E-state index in [-0.39, 0.29) is 24.0 Å². The Hall–Kier alpha value is -4.13. The first kappa shape index (κ1) is 21.1. The Kier molecular flexibility index (Phi) is 6.17. The lowest BCUT2D eigenvalue weighted by molar-refractivity contribution is -0.120. The van der Waals surface area contributed by atoms with E-state index < -0.39 is 0 Å².